The van der Waals surface area contributed by atoms with Crippen LogP contribution in [0.2, 0.25) is 0 Å². The number of carbonyl (C=O) groups excluding carboxylic acids is 1. The van der Waals surface area contributed by atoms with Gasteiger partial charge in [0, 0.05) is 43.8 Å². The van der Waals surface area contributed by atoms with Crippen LogP contribution in [0, 0.1) is 19.8 Å². The summed E-state index contributed by atoms with van der Waals surface area (Å²) < 4.78 is 4.02. The Labute approximate surface area is 155 Å². The lowest BCUT2D eigenvalue weighted by atomic mass is 10.1. The molecule has 142 valence electrons. The van der Waals surface area contributed by atoms with E-state index in [0.29, 0.717) is 18.5 Å². The van der Waals surface area contributed by atoms with Crippen LogP contribution in [0.1, 0.15) is 61.5 Å². The van der Waals surface area contributed by atoms with E-state index in [2.05, 4.69) is 36.2 Å². The molecule has 2 heterocycles. The predicted molar refractivity (Wildman–Crippen MR) is 101 cm³/mol. The smallest absolute Gasteiger partial charge is 0.318 e. The zero-order valence-corrected chi connectivity index (χ0v) is 16.7. The maximum Gasteiger partial charge on any atom is 0.318 e. The molecular weight excluding hydrogens is 328 g/mol. The molecule has 1 fully saturated rings. The number of carbonyl (C=O) groups is 1. The Kier molecular flexibility index (Phi) is 5.07. The average molecular weight is 358 g/mol. The number of urea groups is 1. The molecule has 1 unspecified atom stereocenters. The molecule has 3 rings (SSSR count). The van der Waals surface area contributed by atoms with Crippen molar-refractivity contribution in [2.75, 3.05) is 7.05 Å². The van der Waals surface area contributed by atoms with Crippen LogP contribution < -0.4 is 5.32 Å². The van der Waals surface area contributed by atoms with Gasteiger partial charge in [-0.1, -0.05) is 0 Å². The highest BCUT2D eigenvalue weighted by atomic mass is 16.2. The Morgan fingerprint density at radius 2 is 2.08 bits per heavy atom. The van der Waals surface area contributed by atoms with Gasteiger partial charge in [-0.3, -0.25) is 4.68 Å². The quantitative estimate of drug-likeness (QED) is 0.863. The number of nitrogens with zero attached hydrogens (tertiary/aromatic N) is 5. The summed E-state index contributed by atoms with van der Waals surface area (Å²) in [7, 11) is 3.81. The molecule has 7 heteroatoms. The van der Waals surface area contributed by atoms with Crippen LogP contribution in [-0.4, -0.2) is 37.3 Å². The van der Waals surface area contributed by atoms with Gasteiger partial charge in [-0.2, -0.15) is 5.10 Å². The van der Waals surface area contributed by atoms with E-state index in [-0.39, 0.29) is 12.1 Å². The molecule has 1 aliphatic rings. The standard InChI is InChI=1S/C19H30N6O/c1-12(2)25-14(4)16(13(3)22-25)11-24(6)19(26)21-17(15-7-8-15)18-20-9-10-23(18)5/h9-10,12,15,17H,7-8,11H2,1-6H3,(H,21,26). The Bertz CT molecular complexity index is 786. The fourth-order valence-electron chi connectivity index (χ4n) is 3.48. The maximum atomic E-state index is 12.8. The van der Waals surface area contributed by atoms with Crippen LogP contribution in [0.15, 0.2) is 12.4 Å². The van der Waals surface area contributed by atoms with Crippen molar-refractivity contribution in [3.8, 4) is 0 Å². The summed E-state index contributed by atoms with van der Waals surface area (Å²) in [5.74, 6) is 1.41. The minimum Gasteiger partial charge on any atom is -0.336 e. The number of aryl methyl sites for hydroxylation is 2. The first-order chi connectivity index (χ1) is 12.3. The molecule has 0 saturated heterocycles. The highest BCUT2D eigenvalue weighted by Gasteiger charge is 2.36. The molecular formula is C19H30N6O. The monoisotopic (exact) mass is 358 g/mol. The van der Waals surface area contributed by atoms with Gasteiger partial charge in [0.2, 0.25) is 0 Å². The lowest BCUT2D eigenvalue weighted by Crippen LogP contribution is -2.40. The molecule has 2 amide bonds. The topological polar surface area (TPSA) is 68.0 Å². The normalized spacial score (nSPS) is 15.3. The van der Waals surface area contributed by atoms with E-state index >= 15 is 0 Å². The van der Waals surface area contributed by atoms with Gasteiger partial charge in [0.25, 0.3) is 0 Å². The molecule has 0 aliphatic heterocycles. The Morgan fingerprint density at radius 1 is 1.38 bits per heavy atom. The summed E-state index contributed by atoms with van der Waals surface area (Å²) in [6.45, 7) is 8.86. The SMILES string of the molecule is Cc1nn(C(C)C)c(C)c1CN(C)C(=O)NC(c1nccn1C)C1CC1. The minimum absolute atomic E-state index is 0.0227. The number of rotatable bonds is 6. The highest BCUT2D eigenvalue weighted by Crippen LogP contribution is 2.40. The molecule has 2 aromatic rings. The first kappa shape index (κ1) is 18.5. The minimum atomic E-state index is -0.0685. The number of hydrogen-bond donors (Lipinski definition) is 1. The highest BCUT2D eigenvalue weighted by molar-refractivity contribution is 5.74. The van der Waals surface area contributed by atoms with Crippen LogP contribution in [0.4, 0.5) is 4.79 Å². The van der Waals surface area contributed by atoms with Gasteiger partial charge in [-0.25, -0.2) is 9.78 Å². The van der Waals surface area contributed by atoms with Crippen molar-refractivity contribution in [1.29, 1.82) is 0 Å². The lowest BCUT2D eigenvalue weighted by molar-refractivity contribution is 0.200. The third-order valence-corrected chi connectivity index (χ3v) is 5.21. The van der Waals surface area contributed by atoms with E-state index < -0.39 is 0 Å². The summed E-state index contributed by atoms with van der Waals surface area (Å²) in [5, 5.41) is 7.81. The van der Waals surface area contributed by atoms with E-state index in [0.717, 1.165) is 35.6 Å². The second-order valence-electron chi connectivity index (χ2n) is 7.70. The summed E-state index contributed by atoms with van der Waals surface area (Å²) in [4.78, 5) is 19.0. The zero-order valence-electron chi connectivity index (χ0n) is 16.7. The lowest BCUT2D eigenvalue weighted by Gasteiger charge is -2.23. The van der Waals surface area contributed by atoms with E-state index in [1.54, 1.807) is 11.1 Å². The van der Waals surface area contributed by atoms with Gasteiger partial charge in [0.15, 0.2) is 0 Å². The Balaban J connectivity index is 1.71. The second-order valence-corrected chi connectivity index (χ2v) is 7.70. The Morgan fingerprint density at radius 3 is 2.58 bits per heavy atom. The average Bonchev–Trinajstić information content (AvgIpc) is 3.28. The van der Waals surface area contributed by atoms with Gasteiger partial charge < -0.3 is 14.8 Å². The largest absolute Gasteiger partial charge is 0.336 e. The van der Waals surface area contributed by atoms with Crippen molar-refractivity contribution in [1.82, 2.24) is 29.5 Å². The number of imidazole rings is 1. The molecule has 0 bridgehead atoms. The zero-order chi connectivity index (χ0) is 19.0. The van der Waals surface area contributed by atoms with Crippen LogP contribution in [0.25, 0.3) is 0 Å². The molecule has 1 aliphatic carbocycles. The van der Waals surface area contributed by atoms with Crippen molar-refractivity contribution >= 4 is 6.03 Å². The fourth-order valence-corrected chi connectivity index (χ4v) is 3.48. The molecule has 0 radical (unpaired) electrons. The van der Waals surface area contributed by atoms with E-state index in [9.17, 15) is 4.79 Å². The fraction of sp³-hybridized carbons (Fsp3) is 0.632. The van der Waals surface area contributed by atoms with Gasteiger partial charge >= 0.3 is 6.03 Å². The molecule has 1 saturated carbocycles. The molecule has 7 nitrogen and oxygen atoms in total. The van der Waals surface area contributed by atoms with Crippen LogP contribution in [0.3, 0.4) is 0 Å². The molecule has 2 aromatic heterocycles. The predicted octanol–water partition coefficient (Wildman–Crippen LogP) is 3.11. The van der Waals surface area contributed by atoms with Gasteiger partial charge in [-0.15, -0.1) is 0 Å². The number of nitrogens with one attached hydrogen (secondary N) is 1. The first-order valence-electron chi connectivity index (χ1n) is 9.33. The molecule has 0 aromatic carbocycles. The van der Waals surface area contributed by atoms with Crippen molar-refractivity contribution < 1.29 is 4.79 Å². The second kappa shape index (κ2) is 7.13. The summed E-state index contributed by atoms with van der Waals surface area (Å²) in [5.41, 5.74) is 3.23. The molecule has 26 heavy (non-hydrogen) atoms. The van der Waals surface area contributed by atoms with Crippen molar-refractivity contribution in [3.05, 3.63) is 35.2 Å². The number of amides is 2. The summed E-state index contributed by atoms with van der Waals surface area (Å²) >= 11 is 0. The van der Waals surface area contributed by atoms with Crippen molar-refractivity contribution in [2.24, 2.45) is 13.0 Å². The number of hydrogen-bond acceptors (Lipinski definition) is 3. The molecule has 1 N–H and O–H groups in total. The first-order valence-corrected chi connectivity index (χ1v) is 9.33. The summed E-state index contributed by atoms with van der Waals surface area (Å²) in [6, 6.07) is 0.218. The molecule has 0 spiro atoms. The third-order valence-electron chi connectivity index (χ3n) is 5.21. The van der Waals surface area contributed by atoms with Crippen LogP contribution >= 0.6 is 0 Å². The van der Waals surface area contributed by atoms with Gasteiger partial charge in [0.1, 0.15) is 5.82 Å². The van der Waals surface area contributed by atoms with Crippen molar-refractivity contribution in [3.63, 3.8) is 0 Å². The van der Waals surface area contributed by atoms with Gasteiger partial charge in [-0.05, 0) is 46.5 Å². The molecule has 1 atom stereocenters. The van der Waals surface area contributed by atoms with Gasteiger partial charge in [0.05, 0.1) is 18.3 Å². The van der Waals surface area contributed by atoms with Crippen LogP contribution in [-0.2, 0) is 13.6 Å². The van der Waals surface area contributed by atoms with E-state index in [4.69, 9.17) is 0 Å². The van der Waals surface area contributed by atoms with Crippen LogP contribution in [0.5, 0.6) is 0 Å². The number of aromatic nitrogens is 4. The third kappa shape index (κ3) is 3.61. The Hall–Kier alpha value is -2.31. The maximum absolute atomic E-state index is 12.8. The van der Waals surface area contributed by atoms with Crippen molar-refractivity contribution in [2.45, 2.75) is 59.2 Å². The van der Waals surface area contributed by atoms with E-state index in [1.165, 1.54) is 0 Å². The van der Waals surface area contributed by atoms with E-state index in [1.807, 2.05) is 36.5 Å². The summed E-state index contributed by atoms with van der Waals surface area (Å²) in [6.07, 6.45) is 5.99.